The molecule has 0 saturated carbocycles. The van der Waals surface area contributed by atoms with Crippen LogP contribution in [0, 0.1) is 20.8 Å². The summed E-state index contributed by atoms with van der Waals surface area (Å²) in [5, 5.41) is 9.99. The Balaban J connectivity index is 3.33. The topological polar surface area (TPSA) is 29.5 Å². The summed E-state index contributed by atoms with van der Waals surface area (Å²) in [6.45, 7) is 10.8. The van der Waals surface area contributed by atoms with Crippen molar-refractivity contribution < 1.29 is 9.84 Å². The molecule has 0 aliphatic rings. The molecule has 0 amide bonds. The van der Waals surface area contributed by atoms with Crippen LogP contribution in [-0.2, 0) is 6.42 Å². The smallest absolute Gasteiger partial charge is 0.126 e. The molecule has 0 aromatic heterocycles. The summed E-state index contributed by atoms with van der Waals surface area (Å²) in [6, 6.07) is 0. The first-order chi connectivity index (χ1) is 7.54. The van der Waals surface area contributed by atoms with Crippen LogP contribution in [0.3, 0.4) is 0 Å². The Morgan fingerprint density at radius 3 is 2.12 bits per heavy atom. The first kappa shape index (κ1) is 12.9. The van der Waals surface area contributed by atoms with Gasteiger partial charge in [0.25, 0.3) is 0 Å². The second-order valence-electron chi connectivity index (χ2n) is 4.23. The molecule has 0 atom stereocenters. The summed E-state index contributed by atoms with van der Waals surface area (Å²) in [6.07, 6.45) is 1.89. The monoisotopic (exact) mass is 222 g/mol. The lowest BCUT2D eigenvalue weighted by molar-refractivity contribution is 0.310. The molecule has 0 unspecified atom stereocenters. The molecule has 0 aliphatic heterocycles. The number of benzene rings is 1. The lowest BCUT2D eigenvalue weighted by atomic mass is 9.96. The van der Waals surface area contributed by atoms with Crippen LogP contribution in [0.1, 0.15) is 42.5 Å². The van der Waals surface area contributed by atoms with Crippen molar-refractivity contribution in [3.05, 3.63) is 22.3 Å². The molecule has 90 valence electrons. The van der Waals surface area contributed by atoms with Crippen molar-refractivity contribution in [2.24, 2.45) is 0 Å². The average Bonchev–Trinajstić information content (AvgIpc) is 2.29. The zero-order valence-corrected chi connectivity index (χ0v) is 11.0. The summed E-state index contributed by atoms with van der Waals surface area (Å²) in [4.78, 5) is 0. The zero-order chi connectivity index (χ0) is 12.3. The highest BCUT2D eigenvalue weighted by molar-refractivity contribution is 5.57. The van der Waals surface area contributed by atoms with Crippen molar-refractivity contribution in [2.75, 3.05) is 6.61 Å². The van der Waals surface area contributed by atoms with E-state index in [2.05, 4.69) is 13.8 Å². The van der Waals surface area contributed by atoms with Crippen molar-refractivity contribution in [1.29, 1.82) is 0 Å². The molecular weight excluding hydrogens is 200 g/mol. The average molecular weight is 222 g/mol. The minimum Gasteiger partial charge on any atom is -0.507 e. The molecule has 0 radical (unpaired) electrons. The van der Waals surface area contributed by atoms with E-state index in [0.29, 0.717) is 5.75 Å². The highest BCUT2D eigenvalue weighted by atomic mass is 16.5. The maximum absolute atomic E-state index is 9.99. The Kier molecular flexibility index (Phi) is 4.22. The SMILES string of the molecule is CCCOc1c(C)c(C)c(O)c(C)c1CC. The standard InChI is InChI=1S/C14H22O2/c1-6-8-16-14-10(4)9(3)13(15)11(5)12(14)7-2/h15H,6-8H2,1-5H3. The molecule has 0 fully saturated rings. The second kappa shape index (κ2) is 5.24. The van der Waals surface area contributed by atoms with Crippen molar-refractivity contribution in [1.82, 2.24) is 0 Å². The fraction of sp³-hybridized carbons (Fsp3) is 0.571. The van der Waals surface area contributed by atoms with Gasteiger partial charge in [0.15, 0.2) is 0 Å². The van der Waals surface area contributed by atoms with Crippen LogP contribution in [0.5, 0.6) is 11.5 Å². The second-order valence-corrected chi connectivity index (χ2v) is 4.23. The van der Waals surface area contributed by atoms with Crippen molar-refractivity contribution in [3.8, 4) is 11.5 Å². The van der Waals surface area contributed by atoms with Gasteiger partial charge in [-0.2, -0.15) is 0 Å². The number of phenolic OH excluding ortho intramolecular Hbond substituents is 1. The normalized spacial score (nSPS) is 10.6. The minimum atomic E-state index is 0.415. The third-order valence-electron chi connectivity index (χ3n) is 3.14. The van der Waals surface area contributed by atoms with Gasteiger partial charge in [0.2, 0.25) is 0 Å². The van der Waals surface area contributed by atoms with E-state index in [0.717, 1.165) is 47.5 Å². The zero-order valence-electron chi connectivity index (χ0n) is 11.0. The Morgan fingerprint density at radius 2 is 1.62 bits per heavy atom. The van der Waals surface area contributed by atoms with Crippen LogP contribution < -0.4 is 4.74 Å². The van der Waals surface area contributed by atoms with E-state index >= 15 is 0 Å². The Morgan fingerprint density at radius 1 is 1.00 bits per heavy atom. The fourth-order valence-corrected chi connectivity index (χ4v) is 1.99. The first-order valence-electron chi connectivity index (χ1n) is 5.98. The quantitative estimate of drug-likeness (QED) is 0.842. The van der Waals surface area contributed by atoms with Gasteiger partial charge in [-0.05, 0) is 50.3 Å². The Bertz CT molecular complexity index is 381. The number of hydrogen-bond acceptors (Lipinski definition) is 2. The van der Waals surface area contributed by atoms with Gasteiger partial charge in [-0.15, -0.1) is 0 Å². The maximum atomic E-state index is 9.99. The van der Waals surface area contributed by atoms with E-state index in [1.54, 1.807) is 0 Å². The highest BCUT2D eigenvalue weighted by Gasteiger charge is 2.16. The van der Waals surface area contributed by atoms with Gasteiger partial charge in [-0.1, -0.05) is 13.8 Å². The van der Waals surface area contributed by atoms with E-state index in [1.165, 1.54) is 0 Å². The predicted octanol–water partition coefficient (Wildman–Crippen LogP) is 3.67. The van der Waals surface area contributed by atoms with E-state index in [-0.39, 0.29) is 0 Å². The Labute approximate surface area is 98.3 Å². The van der Waals surface area contributed by atoms with Crippen LogP contribution in [0.4, 0.5) is 0 Å². The molecule has 0 aliphatic carbocycles. The summed E-state index contributed by atoms with van der Waals surface area (Å²) in [5.74, 6) is 1.38. The van der Waals surface area contributed by atoms with Gasteiger partial charge in [0.05, 0.1) is 6.61 Å². The molecule has 1 aromatic rings. The van der Waals surface area contributed by atoms with E-state index in [9.17, 15) is 5.11 Å². The molecule has 16 heavy (non-hydrogen) atoms. The molecule has 0 spiro atoms. The number of ether oxygens (including phenoxy) is 1. The summed E-state index contributed by atoms with van der Waals surface area (Å²) in [5.41, 5.74) is 4.08. The number of phenols is 1. The van der Waals surface area contributed by atoms with Crippen LogP contribution in [0.2, 0.25) is 0 Å². The van der Waals surface area contributed by atoms with Crippen LogP contribution in [0.15, 0.2) is 0 Å². The van der Waals surface area contributed by atoms with Crippen LogP contribution >= 0.6 is 0 Å². The molecule has 0 saturated heterocycles. The minimum absolute atomic E-state index is 0.415. The highest BCUT2D eigenvalue weighted by Crippen LogP contribution is 2.37. The van der Waals surface area contributed by atoms with Gasteiger partial charge in [0.1, 0.15) is 11.5 Å². The fourth-order valence-electron chi connectivity index (χ4n) is 1.99. The number of hydrogen-bond donors (Lipinski definition) is 1. The van der Waals surface area contributed by atoms with E-state index < -0.39 is 0 Å². The van der Waals surface area contributed by atoms with Gasteiger partial charge in [0, 0.05) is 5.56 Å². The van der Waals surface area contributed by atoms with Gasteiger partial charge in [-0.25, -0.2) is 0 Å². The van der Waals surface area contributed by atoms with Gasteiger partial charge in [-0.3, -0.25) is 0 Å². The Hall–Kier alpha value is -1.18. The largest absolute Gasteiger partial charge is 0.507 e. The molecule has 2 nitrogen and oxygen atoms in total. The molecule has 0 bridgehead atoms. The van der Waals surface area contributed by atoms with Crippen LogP contribution in [-0.4, -0.2) is 11.7 Å². The lowest BCUT2D eigenvalue weighted by Crippen LogP contribution is -2.04. The lowest BCUT2D eigenvalue weighted by Gasteiger charge is -2.19. The van der Waals surface area contributed by atoms with E-state index in [4.69, 9.17) is 4.74 Å². The molecular formula is C14H22O2. The van der Waals surface area contributed by atoms with Crippen LogP contribution in [0.25, 0.3) is 0 Å². The molecule has 1 N–H and O–H groups in total. The van der Waals surface area contributed by atoms with E-state index in [1.807, 2.05) is 20.8 Å². The molecule has 1 rings (SSSR count). The maximum Gasteiger partial charge on any atom is 0.126 e. The summed E-state index contributed by atoms with van der Waals surface area (Å²) < 4.78 is 5.81. The summed E-state index contributed by atoms with van der Waals surface area (Å²) >= 11 is 0. The third-order valence-corrected chi connectivity index (χ3v) is 3.14. The number of rotatable bonds is 4. The van der Waals surface area contributed by atoms with Gasteiger partial charge < -0.3 is 9.84 Å². The molecule has 2 heteroatoms. The van der Waals surface area contributed by atoms with Crippen molar-refractivity contribution in [3.63, 3.8) is 0 Å². The van der Waals surface area contributed by atoms with Gasteiger partial charge >= 0.3 is 0 Å². The molecule has 1 aromatic carbocycles. The predicted molar refractivity (Wildman–Crippen MR) is 67.5 cm³/mol. The van der Waals surface area contributed by atoms with Crippen molar-refractivity contribution in [2.45, 2.75) is 47.5 Å². The third kappa shape index (κ3) is 2.16. The molecule has 0 heterocycles. The summed E-state index contributed by atoms with van der Waals surface area (Å²) in [7, 11) is 0. The van der Waals surface area contributed by atoms with Crippen molar-refractivity contribution >= 4 is 0 Å². The first-order valence-corrected chi connectivity index (χ1v) is 5.98. The number of aromatic hydroxyl groups is 1.